The number of para-hydroxylation sites is 1. The highest BCUT2D eigenvalue weighted by Crippen LogP contribution is 2.29. The molecule has 138 valence electrons. The highest BCUT2D eigenvalue weighted by atomic mass is 15.3. The molecule has 0 N–H and O–H groups in total. The van der Waals surface area contributed by atoms with Crippen molar-refractivity contribution >= 4 is 0 Å². The number of hydrogen-bond donors (Lipinski definition) is 0. The molecule has 4 aromatic carbocycles. The molecule has 29 heavy (non-hydrogen) atoms. The zero-order valence-electron chi connectivity index (χ0n) is 15.9. The maximum absolute atomic E-state index is 4.89. The normalized spacial score (nSPS) is 10.8. The molecule has 0 radical (unpaired) electrons. The highest BCUT2D eigenvalue weighted by Gasteiger charge is 2.09. The van der Waals surface area contributed by atoms with Crippen molar-refractivity contribution in [2.45, 2.75) is 0 Å². The van der Waals surface area contributed by atoms with E-state index >= 15 is 0 Å². The molecular weight excluding hydrogens is 352 g/mol. The van der Waals surface area contributed by atoms with Crippen molar-refractivity contribution in [1.29, 1.82) is 0 Å². The fourth-order valence-electron chi connectivity index (χ4n) is 3.64. The number of hydrogen-bond acceptors (Lipinski definition) is 1. The molecule has 0 bridgehead atoms. The van der Waals surface area contributed by atoms with Crippen LogP contribution in [0.2, 0.25) is 0 Å². The van der Waals surface area contributed by atoms with Gasteiger partial charge in [0.15, 0.2) is 0 Å². The molecule has 0 fully saturated rings. The maximum atomic E-state index is 4.89. The summed E-state index contributed by atoms with van der Waals surface area (Å²) in [7, 11) is 0. The van der Waals surface area contributed by atoms with Crippen LogP contribution in [0.5, 0.6) is 0 Å². The van der Waals surface area contributed by atoms with Gasteiger partial charge in [-0.05, 0) is 34.9 Å². The SMILES string of the molecule is c1ccc(-c2cccc(-c3ccn(-c4ccccc4-c4ccccc4)n3)c2)cc1. The van der Waals surface area contributed by atoms with Gasteiger partial charge in [-0.2, -0.15) is 5.10 Å². The monoisotopic (exact) mass is 372 g/mol. The molecule has 0 aliphatic heterocycles. The van der Waals surface area contributed by atoms with Crippen LogP contribution in [0.1, 0.15) is 0 Å². The van der Waals surface area contributed by atoms with Crippen molar-refractivity contribution in [2.75, 3.05) is 0 Å². The lowest BCUT2D eigenvalue weighted by Crippen LogP contribution is -1.98. The molecule has 0 unspecified atom stereocenters. The summed E-state index contributed by atoms with van der Waals surface area (Å²) < 4.78 is 1.97. The molecule has 0 amide bonds. The summed E-state index contributed by atoms with van der Waals surface area (Å²) in [5.41, 5.74) is 7.91. The molecule has 2 nitrogen and oxygen atoms in total. The van der Waals surface area contributed by atoms with Gasteiger partial charge >= 0.3 is 0 Å². The maximum Gasteiger partial charge on any atom is 0.0927 e. The van der Waals surface area contributed by atoms with E-state index < -0.39 is 0 Å². The molecule has 0 saturated heterocycles. The molecule has 2 heteroatoms. The van der Waals surface area contributed by atoms with Crippen LogP contribution in [-0.2, 0) is 0 Å². The van der Waals surface area contributed by atoms with Gasteiger partial charge in [0.1, 0.15) is 0 Å². The molecule has 5 aromatic rings. The quantitative estimate of drug-likeness (QED) is 0.336. The van der Waals surface area contributed by atoms with Gasteiger partial charge in [0, 0.05) is 17.3 Å². The van der Waals surface area contributed by atoms with Crippen LogP contribution in [0, 0.1) is 0 Å². The third kappa shape index (κ3) is 3.48. The van der Waals surface area contributed by atoms with Crippen LogP contribution in [0.15, 0.2) is 121 Å². The predicted octanol–water partition coefficient (Wildman–Crippen LogP) is 6.87. The van der Waals surface area contributed by atoms with Gasteiger partial charge in [0.05, 0.1) is 11.4 Å². The van der Waals surface area contributed by atoms with Crippen molar-refractivity contribution in [1.82, 2.24) is 9.78 Å². The summed E-state index contributed by atoms with van der Waals surface area (Å²) >= 11 is 0. The van der Waals surface area contributed by atoms with Crippen LogP contribution < -0.4 is 0 Å². The minimum absolute atomic E-state index is 0.964. The van der Waals surface area contributed by atoms with Crippen molar-refractivity contribution in [3.63, 3.8) is 0 Å². The van der Waals surface area contributed by atoms with E-state index in [4.69, 9.17) is 5.10 Å². The molecule has 5 rings (SSSR count). The van der Waals surface area contributed by atoms with E-state index in [2.05, 4.69) is 103 Å². The van der Waals surface area contributed by atoms with Gasteiger partial charge in [-0.25, -0.2) is 4.68 Å². The van der Waals surface area contributed by atoms with Crippen LogP contribution in [0.3, 0.4) is 0 Å². The van der Waals surface area contributed by atoms with Gasteiger partial charge in [0.2, 0.25) is 0 Å². The van der Waals surface area contributed by atoms with Gasteiger partial charge < -0.3 is 0 Å². The van der Waals surface area contributed by atoms with E-state index in [1.807, 2.05) is 23.0 Å². The Balaban J connectivity index is 1.53. The summed E-state index contributed by atoms with van der Waals surface area (Å²) in [4.78, 5) is 0. The Bertz CT molecular complexity index is 1240. The van der Waals surface area contributed by atoms with E-state index in [-0.39, 0.29) is 0 Å². The van der Waals surface area contributed by atoms with Crippen molar-refractivity contribution < 1.29 is 0 Å². The van der Waals surface area contributed by atoms with Gasteiger partial charge in [-0.1, -0.05) is 97.1 Å². The average molecular weight is 372 g/mol. The first kappa shape index (κ1) is 17.2. The van der Waals surface area contributed by atoms with Crippen molar-refractivity contribution in [3.05, 3.63) is 121 Å². The predicted molar refractivity (Wildman–Crippen MR) is 120 cm³/mol. The summed E-state index contributed by atoms with van der Waals surface area (Å²) in [6.07, 6.45) is 2.03. The first-order valence-corrected chi connectivity index (χ1v) is 9.75. The lowest BCUT2D eigenvalue weighted by molar-refractivity contribution is 0.886. The second-order valence-corrected chi connectivity index (χ2v) is 6.98. The Labute approximate surface area is 170 Å². The minimum Gasteiger partial charge on any atom is -0.240 e. The fraction of sp³-hybridized carbons (Fsp3) is 0. The van der Waals surface area contributed by atoms with E-state index in [0.29, 0.717) is 0 Å². The first-order valence-electron chi connectivity index (χ1n) is 9.75. The summed E-state index contributed by atoms with van der Waals surface area (Å²) in [6.45, 7) is 0. The smallest absolute Gasteiger partial charge is 0.0927 e. The van der Waals surface area contributed by atoms with Gasteiger partial charge in [0.25, 0.3) is 0 Å². The van der Waals surface area contributed by atoms with Crippen LogP contribution in [0.4, 0.5) is 0 Å². The molecule has 0 saturated carbocycles. The molecule has 0 aliphatic rings. The Morgan fingerprint density at radius 3 is 1.90 bits per heavy atom. The van der Waals surface area contributed by atoms with Gasteiger partial charge in [-0.15, -0.1) is 0 Å². The van der Waals surface area contributed by atoms with E-state index in [0.717, 1.165) is 16.9 Å². The Hall–Kier alpha value is -3.91. The second-order valence-electron chi connectivity index (χ2n) is 6.98. The lowest BCUT2D eigenvalue weighted by Gasteiger charge is -2.10. The molecule has 1 aromatic heterocycles. The third-order valence-electron chi connectivity index (χ3n) is 5.09. The minimum atomic E-state index is 0.964. The van der Waals surface area contributed by atoms with Crippen LogP contribution >= 0.6 is 0 Å². The van der Waals surface area contributed by atoms with E-state index in [1.165, 1.54) is 22.3 Å². The summed E-state index contributed by atoms with van der Waals surface area (Å²) in [5.74, 6) is 0. The Morgan fingerprint density at radius 2 is 1.10 bits per heavy atom. The highest BCUT2D eigenvalue weighted by molar-refractivity contribution is 5.74. The number of aromatic nitrogens is 2. The van der Waals surface area contributed by atoms with Crippen LogP contribution in [0.25, 0.3) is 39.2 Å². The van der Waals surface area contributed by atoms with E-state index in [9.17, 15) is 0 Å². The summed E-state index contributed by atoms with van der Waals surface area (Å²) in [6, 6.07) is 39.9. The number of nitrogens with zero attached hydrogens (tertiary/aromatic N) is 2. The molecule has 0 spiro atoms. The first-order chi connectivity index (χ1) is 14.4. The number of benzene rings is 4. The van der Waals surface area contributed by atoms with Gasteiger partial charge in [-0.3, -0.25) is 0 Å². The average Bonchev–Trinajstić information content (AvgIpc) is 3.31. The lowest BCUT2D eigenvalue weighted by atomic mass is 10.0. The zero-order valence-corrected chi connectivity index (χ0v) is 15.9. The van der Waals surface area contributed by atoms with E-state index in [1.54, 1.807) is 0 Å². The van der Waals surface area contributed by atoms with Crippen molar-refractivity contribution in [3.8, 4) is 39.2 Å². The molecule has 1 heterocycles. The Morgan fingerprint density at radius 1 is 0.483 bits per heavy atom. The standard InChI is InChI=1S/C27H20N2/c1-3-10-21(11-4-1)23-14-9-15-24(20-23)26-18-19-29(28-26)27-17-8-7-16-25(27)22-12-5-2-6-13-22/h1-20H. The third-order valence-corrected chi connectivity index (χ3v) is 5.09. The molecule has 0 atom stereocenters. The molecular formula is C27H20N2. The summed E-state index contributed by atoms with van der Waals surface area (Å²) in [5, 5.41) is 4.89. The topological polar surface area (TPSA) is 17.8 Å². The largest absolute Gasteiger partial charge is 0.240 e. The van der Waals surface area contributed by atoms with Crippen molar-refractivity contribution in [2.24, 2.45) is 0 Å². The van der Waals surface area contributed by atoms with Crippen LogP contribution in [-0.4, -0.2) is 9.78 Å². The molecule has 0 aliphatic carbocycles. The fourth-order valence-corrected chi connectivity index (χ4v) is 3.64. The Kier molecular flexibility index (Phi) is 4.51. The zero-order chi connectivity index (χ0) is 19.5. The second kappa shape index (κ2) is 7.61. The number of rotatable bonds is 4.